The first-order valence-electron chi connectivity index (χ1n) is 32.6. The average molecular weight is 1130 g/mol. The lowest BCUT2D eigenvalue weighted by molar-refractivity contribution is -0.332. The standard InChI is InChI=1S/C65H120O14/c1-3-5-7-9-11-13-15-17-19-21-23-25-26-27-28-29-30-32-34-36-38-40-42-44-46-48-57(67)77-54(51-74-49-47-45-43-41-39-37-35-33-31-24-22-20-18-16-14-12-10-8-6-4-2)52-75-64-63(73)61(71)59(69)56(79-64)53-76-65-62(72)60(70)58(68)55(50-66)78-65/h12,14,18,20-21,23,54-56,58-66,68-73H,3-11,13,15-17,19,22,24-53H2,1-2H3/b14-12-,20-18-,23-21-. The summed E-state index contributed by atoms with van der Waals surface area (Å²) < 4.78 is 34.5. The highest BCUT2D eigenvalue weighted by atomic mass is 16.7. The van der Waals surface area contributed by atoms with Crippen LogP contribution >= 0.6 is 0 Å². The summed E-state index contributed by atoms with van der Waals surface area (Å²) in [5.74, 6) is -0.373. The second kappa shape index (κ2) is 51.8. The average Bonchev–Trinajstić information content (AvgIpc) is 3.46. The van der Waals surface area contributed by atoms with Gasteiger partial charge >= 0.3 is 5.97 Å². The first-order chi connectivity index (χ1) is 38.6. The number of rotatable bonds is 54. The predicted molar refractivity (Wildman–Crippen MR) is 316 cm³/mol. The summed E-state index contributed by atoms with van der Waals surface area (Å²) >= 11 is 0. The topological polar surface area (TPSA) is 214 Å². The summed E-state index contributed by atoms with van der Waals surface area (Å²) in [6, 6.07) is 0. The van der Waals surface area contributed by atoms with Crippen molar-refractivity contribution in [3.05, 3.63) is 36.5 Å². The van der Waals surface area contributed by atoms with Crippen LogP contribution in [0.2, 0.25) is 0 Å². The van der Waals surface area contributed by atoms with Crippen molar-refractivity contribution in [3.63, 3.8) is 0 Å². The number of hydrogen-bond donors (Lipinski definition) is 7. The van der Waals surface area contributed by atoms with Crippen molar-refractivity contribution in [2.24, 2.45) is 0 Å². The summed E-state index contributed by atoms with van der Waals surface area (Å²) in [6.45, 7) is 3.71. The maximum absolute atomic E-state index is 13.1. The Bertz CT molecular complexity index is 1450. The number of hydrogen-bond acceptors (Lipinski definition) is 14. The summed E-state index contributed by atoms with van der Waals surface area (Å²) in [4.78, 5) is 13.1. The third kappa shape index (κ3) is 37.9. The molecule has 7 N–H and O–H groups in total. The Balaban J connectivity index is 1.66. The van der Waals surface area contributed by atoms with Gasteiger partial charge in [-0.1, -0.05) is 230 Å². The van der Waals surface area contributed by atoms with Gasteiger partial charge in [0.2, 0.25) is 0 Å². The molecule has 14 heteroatoms. The highest BCUT2D eigenvalue weighted by molar-refractivity contribution is 5.69. The molecule has 79 heavy (non-hydrogen) atoms. The van der Waals surface area contributed by atoms with Crippen LogP contribution in [-0.4, -0.2) is 142 Å². The minimum absolute atomic E-state index is 0.0619. The number of allylic oxidation sites excluding steroid dienone is 6. The van der Waals surface area contributed by atoms with Crippen LogP contribution in [0.1, 0.15) is 271 Å². The molecule has 2 aliphatic rings. The Labute approximate surface area is 480 Å². The summed E-state index contributed by atoms with van der Waals surface area (Å²) in [7, 11) is 0. The number of aliphatic hydroxyl groups excluding tert-OH is 7. The Kier molecular flexibility index (Phi) is 48.1. The van der Waals surface area contributed by atoms with Crippen molar-refractivity contribution in [1.29, 1.82) is 0 Å². The maximum atomic E-state index is 13.1. The molecule has 2 rings (SSSR count). The third-order valence-electron chi connectivity index (χ3n) is 15.6. The number of ether oxygens (including phenoxy) is 6. The largest absolute Gasteiger partial charge is 0.457 e. The van der Waals surface area contributed by atoms with E-state index in [-0.39, 0.29) is 25.6 Å². The van der Waals surface area contributed by atoms with Gasteiger partial charge in [0.25, 0.3) is 0 Å². The lowest BCUT2D eigenvalue weighted by atomic mass is 9.98. The van der Waals surface area contributed by atoms with E-state index in [9.17, 15) is 40.5 Å². The van der Waals surface area contributed by atoms with Crippen LogP contribution in [0.3, 0.4) is 0 Å². The minimum Gasteiger partial charge on any atom is -0.457 e. The number of carbonyl (C=O) groups excluding carboxylic acids is 1. The van der Waals surface area contributed by atoms with E-state index in [1.54, 1.807) is 0 Å². The van der Waals surface area contributed by atoms with Crippen molar-refractivity contribution < 1.29 is 69.0 Å². The molecule has 0 aliphatic carbocycles. The van der Waals surface area contributed by atoms with E-state index < -0.39 is 80.7 Å². The SMILES string of the molecule is CCCCC/C=C\C/C=C\CCCCCCCCCCCCOCC(COC1OC(COC2OC(CO)C(O)C(O)C2O)C(O)C(O)C1O)OC(=O)CCCCCCCCCCCCCCC/C=C\CCCCCCCCCC. The monoisotopic (exact) mass is 1120 g/mol. The van der Waals surface area contributed by atoms with Gasteiger partial charge < -0.3 is 64.2 Å². The van der Waals surface area contributed by atoms with Crippen LogP contribution in [-0.2, 0) is 33.2 Å². The van der Waals surface area contributed by atoms with Crippen LogP contribution in [0.25, 0.3) is 0 Å². The molecule has 11 unspecified atom stereocenters. The Morgan fingerprint density at radius 1 is 0.418 bits per heavy atom. The molecule has 14 nitrogen and oxygen atoms in total. The fourth-order valence-electron chi connectivity index (χ4n) is 10.4. The molecule has 0 aromatic rings. The van der Waals surface area contributed by atoms with Gasteiger partial charge in [0.1, 0.15) is 54.9 Å². The van der Waals surface area contributed by atoms with Crippen LogP contribution in [0.4, 0.5) is 0 Å². The van der Waals surface area contributed by atoms with E-state index in [1.807, 2.05) is 0 Å². The number of esters is 1. The molecule has 0 saturated carbocycles. The minimum atomic E-state index is -1.71. The maximum Gasteiger partial charge on any atom is 0.306 e. The van der Waals surface area contributed by atoms with Crippen LogP contribution < -0.4 is 0 Å². The summed E-state index contributed by atoms with van der Waals surface area (Å²) in [5, 5.41) is 72.5. The van der Waals surface area contributed by atoms with Crippen molar-refractivity contribution in [3.8, 4) is 0 Å². The first kappa shape index (κ1) is 73.3. The fraction of sp³-hybridized carbons (Fsp3) is 0.892. The van der Waals surface area contributed by atoms with E-state index in [2.05, 4.69) is 50.3 Å². The van der Waals surface area contributed by atoms with E-state index in [1.165, 1.54) is 199 Å². The van der Waals surface area contributed by atoms with Gasteiger partial charge in [-0.05, 0) is 70.6 Å². The Morgan fingerprint density at radius 2 is 0.785 bits per heavy atom. The number of aliphatic hydroxyl groups is 7. The Morgan fingerprint density at radius 3 is 1.25 bits per heavy atom. The quantitative estimate of drug-likeness (QED) is 0.0172. The zero-order valence-electron chi connectivity index (χ0n) is 50.1. The second-order valence-electron chi connectivity index (χ2n) is 22.9. The zero-order chi connectivity index (χ0) is 57.2. The van der Waals surface area contributed by atoms with Gasteiger partial charge in [0.05, 0.1) is 26.4 Å². The van der Waals surface area contributed by atoms with Gasteiger partial charge in [-0.3, -0.25) is 4.79 Å². The van der Waals surface area contributed by atoms with Crippen LogP contribution in [0.5, 0.6) is 0 Å². The van der Waals surface area contributed by atoms with E-state index >= 15 is 0 Å². The molecule has 0 radical (unpaired) electrons. The smallest absolute Gasteiger partial charge is 0.306 e. The van der Waals surface area contributed by atoms with Crippen molar-refractivity contribution in [2.75, 3.05) is 33.0 Å². The van der Waals surface area contributed by atoms with Crippen LogP contribution in [0, 0.1) is 0 Å². The van der Waals surface area contributed by atoms with Gasteiger partial charge in [0.15, 0.2) is 12.6 Å². The third-order valence-corrected chi connectivity index (χ3v) is 15.6. The second-order valence-corrected chi connectivity index (χ2v) is 22.9. The predicted octanol–water partition coefficient (Wildman–Crippen LogP) is 12.9. The molecule has 0 amide bonds. The molecular weight excluding hydrogens is 1000 g/mol. The lowest BCUT2D eigenvalue weighted by Gasteiger charge is -2.42. The van der Waals surface area contributed by atoms with Gasteiger partial charge in [-0.25, -0.2) is 0 Å². The van der Waals surface area contributed by atoms with E-state index in [0.29, 0.717) is 13.0 Å². The molecule has 0 spiro atoms. The van der Waals surface area contributed by atoms with Gasteiger partial charge in [-0.2, -0.15) is 0 Å². The highest BCUT2D eigenvalue weighted by Crippen LogP contribution is 2.27. The van der Waals surface area contributed by atoms with Crippen molar-refractivity contribution >= 4 is 5.97 Å². The first-order valence-corrected chi connectivity index (χ1v) is 32.6. The van der Waals surface area contributed by atoms with Crippen molar-refractivity contribution in [2.45, 2.75) is 338 Å². The molecular formula is C65H120O14. The number of unbranched alkanes of at least 4 members (excludes halogenated alkanes) is 34. The van der Waals surface area contributed by atoms with Crippen molar-refractivity contribution in [1.82, 2.24) is 0 Å². The molecule has 2 saturated heterocycles. The molecule has 2 fully saturated rings. The summed E-state index contributed by atoms with van der Waals surface area (Å²) in [6.07, 6.45) is 46.4. The zero-order valence-corrected chi connectivity index (χ0v) is 50.1. The molecule has 0 aromatic carbocycles. The summed E-state index contributed by atoms with van der Waals surface area (Å²) in [5.41, 5.74) is 0. The number of carbonyl (C=O) groups is 1. The molecule has 2 heterocycles. The molecule has 464 valence electrons. The normalized spacial score (nSPS) is 24.2. The highest BCUT2D eigenvalue weighted by Gasteiger charge is 2.47. The van der Waals surface area contributed by atoms with E-state index in [4.69, 9.17) is 28.4 Å². The van der Waals surface area contributed by atoms with Gasteiger partial charge in [-0.15, -0.1) is 0 Å². The molecule has 11 atom stereocenters. The lowest BCUT2D eigenvalue weighted by Crippen LogP contribution is -2.61. The Hall–Kier alpha value is -1.79. The molecule has 0 aromatic heterocycles. The fourth-order valence-corrected chi connectivity index (χ4v) is 10.4. The van der Waals surface area contributed by atoms with E-state index in [0.717, 1.165) is 44.9 Å². The van der Waals surface area contributed by atoms with Gasteiger partial charge in [0, 0.05) is 13.0 Å². The van der Waals surface area contributed by atoms with Crippen LogP contribution in [0.15, 0.2) is 36.5 Å². The molecule has 2 aliphatic heterocycles. The molecule has 0 bridgehead atoms.